The van der Waals surface area contributed by atoms with E-state index in [-0.39, 0.29) is 32.3 Å². The Morgan fingerprint density at radius 1 is 1.05 bits per heavy atom. The molecule has 37 heavy (non-hydrogen) atoms. The molecule has 0 radical (unpaired) electrons. The number of carbonyl (C=O) groups excluding carboxylic acids is 3. The van der Waals surface area contributed by atoms with Gasteiger partial charge < -0.3 is 33.9 Å². The molecule has 5 rings (SSSR count). The molecule has 2 N–H and O–H groups in total. The Balaban J connectivity index is 1.53. The molecule has 0 aromatic rings. The van der Waals surface area contributed by atoms with Gasteiger partial charge in [0, 0.05) is 24.0 Å². The van der Waals surface area contributed by atoms with Crippen LogP contribution in [0.5, 0.6) is 0 Å². The highest BCUT2D eigenvalue weighted by Gasteiger charge is 2.83. The van der Waals surface area contributed by atoms with E-state index >= 15 is 0 Å². The monoisotopic (exact) mass is 518 g/mol. The van der Waals surface area contributed by atoms with Crippen molar-refractivity contribution in [2.45, 2.75) is 69.5 Å². The van der Waals surface area contributed by atoms with E-state index < -0.39 is 58.6 Å². The molecule has 10 nitrogen and oxygen atoms in total. The fourth-order valence-corrected chi connectivity index (χ4v) is 6.70. The van der Waals surface area contributed by atoms with Crippen LogP contribution in [-0.4, -0.2) is 84.6 Å². The standard InChI is InChI=1S/C27H34O10/c1-16-8-10-33-21(29)5-3-4-6-22(30)37-18-12-20-27(15-35-27)25(18,2)26(14-34-24(32)23(16)31)9-7-17(13-28)11-19(26)36-20/h3-6,11,16,18-20,23,28,31H,7-10,12-15H2,1-2H3/b5-3-,6-4-/t16-,18+,19?,20?,23+,25?,26?,27-/m1/s1. The van der Waals surface area contributed by atoms with E-state index in [2.05, 4.69) is 0 Å². The third-order valence-corrected chi connectivity index (χ3v) is 9.20. The molecule has 0 amide bonds. The smallest absolute Gasteiger partial charge is 0.335 e. The first kappa shape index (κ1) is 26.1. The quantitative estimate of drug-likeness (QED) is 0.225. The van der Waals surface area contributed by atoms with E-state index in [0.717, 1.165) is 5.57 Å². The van der Waals surface area contributed by atoms with E-state index in [1.165, 1.54) is 24.3 Å². The average Bonchev–Trinajstić information content (AvgIpc) is 3.66. The highest BCUT2D eigenvalue weighted by atomic mass is 16.6. The summed E-state index contributed by atoms with van der Waals surface area (Å²) in [4.78, 5) is 37.6. The Bertz CT molecular complexity index is 1040. The summed E-state index contributed by atoms with van der Waals surface area (Å²) in [7, 11) is 0. The molecule has 202 valence electrons. The first-order valence-corrected chi connectivity index (χ1v) is 12.8. The molecule has 2 saturated heterocycles. The molecule has 10 heteroatoms. The number of ether oxygens (including phenoxy) is 5. The lowest BCUT2D eigenvalue weighted by atomic mass is 9.51. The fourth-order valence-electron chi connectivity index (χ4n) is 6.70. The second-order valence-electron chi connectivity index (χ2n) is 10.9. The fraction of sp³-hybridized carbons (Fsp3) is 0.667. The Morgan fingerprint density at radius 3 is 2.49 bits per heavy atom. The lowest BCUT2D eigenvalue weighted by molar-refractivity contribution is -0.235. The number of hydrogen-bond donors (Lipinski definition) is 2. The molecule has 2 bridgehead atoms. The minimum absolute atomic E-state index is 0.00994. The number of esters is 3. The number of allylic oxidation sites excluding steroid dienone is 2. The van der Waals surface area contributed by atoms with Crippen molar-refractivity contribution in [1.82, 2.24) is 0 Å². The van der Waals surface area contributed by atoms with Crippen LogP contribution in [0.25, 0.3) is 0 Å². The van der Waals surface area contributed by atoms with Crippen molar-refractivity contribution in [1.29, 1.82) is 0 Å². The Hall–Kier alpha value is -2.53. The highest BCUT2D eigenvalue weighted by Crippen LogP contribution is 2.72. The Kier molecular flexibility index (Phi) is 6.81. The zero-order valence-corrected chi connectivity index (χ0v) is 21.1. The van der Waals surface area contributed by atoms with Gasteiger partial charge in [0.05, 0.1) is 37.4 Å². The molecule has 0 aromatic carbocycles. The van der Waals surface area contributed by atoms with Crippen LogP contribution >= 0.6 is 0 Å². The van der Waals surface area contributed by atoms with E-state index in [4.69, 9.17) is 23.7 Å². The molecule has 2 aliphatic carbocycles. The number of aliphatic hydroxyl groups is 2. The van der Waals surface area contributed by atoms with Crippen LogP contribution < -0.4 is 0 Å². The maximum atomic E-state index is 13.0. The van der Waals surface area contributed by atoms with Gasteiger partial charge in [-0.25, -0.2) is 14.4 Å². The normalized spacial score (nSPS) is 45.9. The maximum absolute atomic E-state index is 13.0. The van der Waals surface area contributed by atoms with Crippen LogP contribution in [0.2, 0.25) is 0 Å². The molecule has 4 unspecified atom stereocenters. The highest BCUT2D eigenvalue weighted by molar-refractivity contribution is 5.84. The molecular formula is C27H34O10. The van der Waals surface area contributed by atoms with Crippen molar-refractivity contribution in [3.05, 3.63) is 36.0 Å². The molecule has 5 aliphatic rings. The summed E-state index contributed by atoms with van der Waals surface area (Å²) in [5.41, 5.74) is -1.44. The lowest BCUT2D eigenvalue weighted by Gasteiger charge is -2.58. The molecule has 8 atom stereocenters. The van der Waals surface area contributed by atoms with Gasteiger partial charge in [-0.05, 0) is 30.8 Å². The summed E-state index contributed by atoms with van der Waals surface area (Å²) in [5.74, 6) is -2.48. The Labute approximate surface area is 215 Å². The largest absolute Gasteiger partial charge is 0.463 e. The number of hydrogen-bond acceptors (Lipinski definition) is 10. The second kappa shape index (κ2) is 9.65. The summed E-state index contributed by atoms with van der Waals surface area (Å²) in [5, 5.41) is 20.4. The molecule has 0 aromatic heterocycles. The number of carbonyl (C=O) groups is 3. The molecule has 3 aliphatic heterocycles. The summed E-state index contributed by atoms with van der Waals surface area (Å²) >= 11 is 0. The van der Waals surface area contributed by atoms with Gasteiger partial charge in [0.2, 0.25) is 0 Å². The van der Waals surface area contributed by atoms with Gasteiger partial charge in [-0.2, -0.15) is 0 Å². The van der Waals surface area contributed by atoms with Crippen molar-refractivity contribution in [3.8, 4) is 0 Å². The predicted octanol–water partition coefficient (Wildman–Crippen LogP) is 1.14. The van der Waals surface area contributed by atoms with Crippen LogP contribution in [0.15, 0.2) is 36.0 Å². The zero-order chi connectivity index (χ0) is 26.4. The SMILES string of the molecule is C[C@@H]1CCOC(=O)/C=C\C=C/C(=O)O[C@H]2CC3OC4C=C(CO)CCC4(COC(=O)[C@H]1O)C2(C)[C@@]31CO1. The third-order valence-electron chi connectivity index (χ3n) is 9.20. The van der Waals surface area contributed by atoms with Crippen LogP contribution in [0.3, 0.4) is 0 Å². The van der Waals surface area contributed by atoms with E-state index in [1.807, 2.05) is 13.0 Å². The van der Waals surface area contributed by atoms with Gasteiger partial charge in [-0.15, -0.1) is 0 Å². The minimum atomic E-state index is -1.41. The van der Waals surface area contributed by atoms with Crippen molar-refractivity contribution in [3.63, 3.8) is 0 Å². The maximum Gasteiger partial charge on any atom is 0.335 e. The van der Waals surface area contributed by atoms with Gasteiger partial charge in [0.1, 0.15) is 18.3 Å². The molecule has 1 saturated carbocycles. The van der Waals surface area contributed by atoms with Crippen molar-refractivity contribution >= 4 is 17.9 Å². The zero-order valence-electron chi connectivity index (χ0n) is 21.1. The molecule has 2 spiro atoms. The van der Waals surface area contributed by atoms with Crippen molar-refractivity contribution in [2.75, 3.05) is 26.4 Å². The summed E-state index contributed by atoms with van der Waals surface area (Å²) in [6, 6.07) is 0. The minimum Gasteiger partial charge on any atom is -0.463 e. The van der Waals surface area contributed by atoms with E-state index in [1.54, 1.807) is 6.92 Å². The molecule has 3 fully saturated rings. The average molecular weight is 519 g/mol. The first-order valence-electron chi connectivity index (χ1n) is 12.8. The topological polar surface area (TPSA) is 141 Å². The van der Waals surface area contributed by atoms with Crippen LogP contribution in [0.4, 0.5) is 0 Å². The van der Waals surface area contributed by atoms with Crippen LogP contribution in [0, 0.1) is 16.7 Å². The summed E-state index contributed by atoms with van der Waals surface area (Å²) in [6.07, 6.45) is 6.03. The third kappa shape index (κ3) is 4.14. The second-order valence-corrected chi connectivity index (χ2v) is 10.9. The van der Waals surface area contributed by atoms with Gasteiger partial charge in [0.15, 0.2) is 6.10 Å². The van der Waals surface area contributed by atoms with E-state index in [0.29, 0.717) is 25.9 Å². The van der Waals surface area contributed by atoms with E-state index in [9.17, 15) is 24.6 Å². The van der Waals surface area contributed by atoms with Crippen LogP contribution in [0.1, 0.15) is 39.5 Å². The first-order chi connectivity index (χ1) is 17.7. The number of epoxide rings is 1. The number of rotatable bonds is 1. The van der Waals surface area contributed by atoms with Gasteiger partial charge in [-0.1, -0.05) is 32.1 Å². The number of cyclic esters (lactones) is 2. The Morgan fingerprint density at radius 2 is 1.78 bits per heavy atom. The van der Waals surface area contributed by atoms with Crippen LogP contribution in [-0.2, 0) is 38.1 Å². The van der Waals surface area contributed by atoms with Crippen molar-refractivity contribution in [2.24, 2.45) is 16.7 Å². The predicted molar refractivity (Wildman–Crippen MR) is 127 cm³/mol. The summed E-state index contributed by atoms with van der Waals surface area (Å²) in [6.45, 7) is 3.96. The molecule has 3 heterocycles. The number of aliphatic hydroxyl groups excluding tert-OH is 2. The van der Waals surface area contributed by atoms with Gasteiger partial charge in [0.25, 0.3) is 0 Å². The van der Waals surface area contributed by atoms with Gasteiger partial charge >= 0.3 is 17.9 Å². The van der Waals surface area contributed by atoms with Crippen molar-refractivity contribution < 1.29 is 48.3 Å². The molecular weight excluding hydrogens is 484 g/mol. The summed E-state index contributed by atoms with van der Waals surface area (Å²) < 4.78 is 29.4. The lowest BCUT2D eigenvalue weighted by Crippen LogP contribution is -2.67. The van der Waals surface area contributed by atoms with Gasteiger partial charge in [-0.3, -0.25) is 0 Å².